The Labute approximate surface area is 423 Å². The van der Waals surface area contributed by atoms with Crippen LogP contribution in [0.1, 0.15) is 252 Å². The quantitative estimate of drug-likeness (QED) is 0.0252. The molecule has 1 unspecified atom stereocenters. The Kier molecular flexibility index (Phi) is 49.8. The number of carbonyl (C=O) groups excluding carboxylic acids is 4. The van der Waals surface area contributed by atoms with Crippen molar-refractivity contribution < 1.29 is 42.9 Å². The van der Waals surface area contributed by atoms with E-state index in [1.165, 1.54) is 89.9 Å². The average Bonchev–Trinajstić information content (AvgIpc) is 3.33. The van der Waals surface area contributed by atoms with Crippen LogP contribution in [0.5, 0.6) is 0 Å². The third-order valence-corrected chi connectivity index (χ3v) is 12.1. The summed E-state index contributed by atoms with van der Waals surface area (Å²) >= 11 is 0. The fourth-order valence-corrected chi connectivity index (χ4v) is 7.76. The molecule has 0 radical (unpaired) electrons. The van der Waals surface area contributed by atoms with Gasteiger partial charge in [-0.3, -0.25) is 9.59 Å². The van der Waals surface area contributed by atoms with E-state index in [0.29, 0.717) is 25.7 Å². The van der Waals surface area contributed by atoms with E-state index in [4.69, 9.17) is 23.7 Å². The molecule has 1 atom stereocenters. The number of hydrogen-bond donors (Lipinski definition) is 0. The van der Waals surface area contributed by atoms with Crippen molar-refractivity contribution in [3.8, 4) is 0 Å². The number of unbranched alkanes of at least 4 members (excludes halogenated alkanes) is 25. The molecular formula is C59H105NO9. The second-order valence-electron chi connectivity index (χ2n) is 19.2. The van der Waals surface area contributed by atoms with Gasteiger partial charge in [0, 0.05) is 19.4 Å². The number of rotatable bonds is 50. The van der Waals surface area contributed by atoms with Gasteiger partial charge in [-0.15, -0.1) is 0 Å². The molecule has 0 heterocycles. The molecule has 0 N–H and O–H groups in total. The molecule has 0 aliphatic heterocycles. The number of ether oxygens (including phenoxy) is 5. The summed E-state index contributed by atoms with van der Waals surface area (Å²) in [4.78, 5) is 54.1. The first-order valence-corrected chi connectivity index (χ1v) is 28.3. The van der Waals surface area contributed by atoms with Crippen LogP contribution < -0.4 is 0 Å². The lowest BCUT2D eigenvalue weighted by atomic mass is 10.0. The van der Waals surface area contributed by atoms with Crippen LogP contribution in [0.2, 0.25) is 0 Å². The number of nitrogens with zero attached hydrogens (tertiary/aromatic N) is 1. The molecule has 10 heteroatoms. The predicted molar refractivity (Wildman–Crippen MR) is 286 cm³/mol. The summed E-state index contributed by atoms with van der Waals surface area (Å²) in [7, 11) is 3.88. The van der Waals surface area contributed by atoms with E-state index in [1.54, 1.807) is 0 Å². The van der Waals surface area contributed by atoms with Crippen molar-refractivity contribution in [3.63, 3.8) is 0 Å². The first-order chi connectivity index (χ1) is 33.7. The van der Waals surface area contributed by atoms with Gasteiger partial charge in [0.1, 0.15) is 13.2 Å². The molecule has 0 aromatic carbocycles. The van der Waals surface area contributed by atoms with Crippen molar-refractivity contribution in [2.75, 3.05) is 40.5 Å². The van der Waals surface area contributed by atoms with Crippen molar-refractivity contribution in [2.45, 2.75) is 264 Å². The molecule has 0 amide bonds. The molecule has 0 aliphatic rings. The minimum absolute atomic E-state index is 0.162. The SMILES string of the molecule is CCCCC/C=C\C/C=C\CCCCCCCC(=O)OCC(COC(=O)CCCCCCC/C=C\C/C=C\CCCCC)OC(=O)C(CCCCCCCCCCCC)OC(=O)OCCCN(C)C. The van der Waals surface area contributed by atoms with E-state index in [0.717, 1.165) is 103 Å². The predicted octanol–water partition coefficient (Wildman–Crippen LogP) is 16.4. The number of esters is 3. The first-order valence-electron chi connectivity index (χ1n) is 28.3. The van der Waals surface area contributed by atoms with Crippen LogP contribution >= 0.6 is 0 Å². The van der Waals surface area contributed by atoms with E-state index in [1.807, 2.05) is 19.0 Å². The summed E-state index contributed by atoms with van der Waals surface area (Å²) in [6.07, 6.45) is 51.4. The van der Waals surface area contributed by atoms with Gasteiger partial charge in [-0.25, -0.2) is 9.59 Å². The van der Waals surface area contributed by atoms with E-state index in [9.17, 15) is 19.2 Å². The highest BCUT2D eigenvalue weighted by molar-refractivity contribution is 5.77. The summed E-state index contributed by atoms with van der Waals surface area (Å²) in [6, 6.07) is 0. The van der Waals surface area contributed by atoms with Crippen molar-refractivity contribution in [1.29, 1.82) is 0 Å². The topological polar surface area (TPSA) is 118 Å². The van der Waals surface area contributed by atoms with Crippen LogP contribution in [-0.2, 0) is 38.1 Å². The third kappa shape index (κ3) is 49.4. The van der Waals surface area contributed by atoms with Crippen LogP contribution in [0.15, 0.2) is 48.6 Å². The zero-order valence-electron chi connectivity index (χ0n) is 45.2. The van der Waals surface area contributed by atoms with Crippen LogP contribution in [0.25, 0.3) is 0 Å². The van der Waals surface area contributed by atoms with Gasteiger partial charge in [-0.05, 0) is 110 Å². The molecule has 0 fully saturated rings. The smallest absolute Gasteiger partial charge is 0.462 e. The van der Waals surface area contributed by atoms with Crippen molar-refractivity contribution >= 4 is 24.1 Å². The van der Waals surface area contributed by atoms with E-state index >= 15 is 0 Å². The van der Waals surface area contributed by atoms with Crippen LogP contribution in [-0.4, -0.2) is 81.6 Å². The number of hydrogen-bond acceptors (Lipinski definition) is 10. The Morgan fingerprint density at radius 1 is 0.420 bits per heavy atom. The molecule has 0 saturated heterocycles. The average molecular weight is 972 g/mol. The Morgan fingerprint density at radius 2 is 0.797 bits per heavy atom. The fraction of sp³-hybridized carbons (Fsp3) is 0.797. The molecule has 0 aliphatic carbocycles. The van der Waals surface area contributed by atoms with Crippen molar-refractivity contribution in [2.24, 2.45) is 0 Å². The molecule has 10 nitrogen and oxygen atoms in total. The highest BCUT2D eigenvalue weighted by Crippen LogP contribution is 2.17. The van der Waals surface area contributed by atoms with Gasteiger partial charge >= 0.3 is 24.1 Å². The van der Waals surface area contributed by atoms with E-state index < -0.39 is 36.3 Å². The summed E-state index contributed by atoms with van der Waals surface area (Å²) in [6.45, 7) is 7.06. The van der Waals surface area contributed by atoms with E-state index in [-0.39, 0.29) is 39.1 Å². The lowest BCUT2D eigenvalue weighted by molar-refractivity contribution is -0.174. The summed E-state index contributed by atoms with van der Waals surface area (Å²) < 4.78 is 27.9. The molecule has 69 heavy (non-hydrogen) atoms. The summed E-state index contributed by atoms with van der Waals surface area (Å²) in [5.74, 6) is -1.55. The van der Waals surface area contributed by atoms with Crippen molar-refractivity contribution in [1.82, 2.24) is 4.90 Å². The Morgan fingerprint density at radius 3 is 1.23 bits per heavy atom. The number of allylic oxidation sites excluding steroid dienone is 8. The maximum atomic E-state index is 13.7. The molecule has 0 rings (SSSR count). The van der Waals surface area contributed by atoms with Crippen LogP contribution in [0, 0.1) is 0 Å². The van der Waals surface area contributed by atoms with Gasteiger partial charge in [0.05, 0.1) is 6.61 Å². The fourth-order valence-electron chi connectivity index (χ4n) is 7.76. The maximum Gasteiger partial charge on any atom is 0.509 e. The Hall–Kier alpha value is -3.40. The molecule has 0 saturated carbocycles. The van der Waals surface area contributed by atoms with Crippen LogP contribution in [0.3, 0.4) is 0 Å². The zero-order chi connectivity index (χ0) is 50.5. The molecule has 0 aromatic heterocycles. The Bertz CT molecular complexity index is 1250. The lowest BCUT2D eigenvalue weighted by Crippen LogP contribution is -2.37. The van der Waals surface area contributed by atoms with Crippen molar-refractivity contribution in [3.05, 3.63) is 48.6 Å². The second-order valence-corrected chi connectivity index (χ2v) is 19.2. The molecule has 400 valence electrons. The number of carbonyl (C=O) groups is 4. The van der Waals surface area contributed by atoms with Gasteiger partial charge in [0.25, 0.3) is 0 Å². The summed E-state index contributed by atoms with van der Waals surface area (Å²) in [5.41, 5.74) is 0. The minimum atomic E-state index is -1.20. The molecule has 0 aromatic rings. The van der Waals surface area contributed by atoms with Crippen LogP contribution in [0.4, 0.5) is 4.79 Å². The lowest BCUT2D eigenvalue weighted by Gasteiger charge is -2.22. The monoisotopic (exact) mass is 972 g/mol. The normalized spacial score (nSPS) is 12.3. The van der Waals surface area contributed by atoms with Gasteiger partial charge in [-0.1, -0.05) is 191 Å². The molecule has 0 bridgehead atoms. The zero-order valence-corrected chi connectivity index (χ0v) is 45.2. The Balaban J connectivity index is 5.16. The molecular weight excluding hydrogens is 867 g/mol. The highest BCUT2D eigenvalue weighted by atomic mass is 16.7. The van der Waals surface area contributed by atoms with Gasteiger partial charge in [0.2, 0.25) is 6.10 Å². The first kappa shape index (κ1) is 65.6. The second kappa shape index (κ2) is 52.4. The van der Waals surface area contributed by atoms with Gasteiger partial charge in [0.15, 0.2) is 6.10 Å². The van der Waals surface area contributed by atoms with E-state index in [2.05, 4.69) is 69.4 Å². The minimum Gasteiger partial charge on any atom is -0.462 e. The largest absolute Gasteiger partial charge is 0.509 e. The standard InChI is InChI=1S/C59H105NO9/c1-6-9-12-15-18-21-24-26-28-30-32-35-38-41-44-48-56(61)66-52-54(53-67-57(62)49-45-42-39-36-33-31-29-27-25-22-19-16-13-10-7-2)68-58(63)55(69-59(64)65-51-46-50-60(4)5)47-43-40-37-34-23-20-17-14-11-8-3/h18-19,21-22,26-29,54-55H,6-17,20,23-25,30-53H2,1-5H3/b21-18-,22-19-,28-26-,29-27-. The third-order valence-electron chi connectivity index (χ3n) is 12.1. The van der Waals surface area contributed by atoms with Gasteiger partial charge in [-0.2, -0.15) is 0 Å². The molecule has 0 spiro atoms. The highest BCUT2D eigenvalue weighted by Gasteiger charge is 2.29. The summed E-state index contributed by atoms with van der Waals surface area (Å²) in [5, 5.41) is 0. The van der Waals surface area contributed by atoms with Gasteiger partial charge < -0.3 is 28.6 Å². The maximum absolute atomic E-state index is 13.7.